The number of hydrogen-bond acceptors (Lipinski definition) is 4. The first-order valence-electron chi connectivity index (χ1n) is 9.09. The smallest absolute Gasteiger partial charge is 0.264 e. The van der Waals surface area contributed by atoms with Crippen LogP contribution in [0.5, 0.6) is 11.5 Å². The molecule has 7 heteroatoms. The minimum atomic E-state index is -0.622. The second kappa shape index (κ2) is 8.63. The number of carbonyl (C=O) groups excluding carboxylic acids is 1. The molecule has 0 aliphatic heterocycles. The van der Waals surface area contributed by atoms with Crippen molar-refractivity contribution in [3.63, 3.8) is 0 Å². The number of carbonyl (C=O) groups is 1. The summed E-state index contributed by atoms with van der Waals surface area (Å²) in [6.07, 6.45) is 1.25. The third-order valence-electron chi connectivity index (χ3n) is 4.25. The Morgan fingerprint density at radius 1 is 0.967 bits per heavy atom. The molecule has 3 aromatic carbocycles. The number of aromatic nitrogens is 2. The van der Waals surface area contributed by atoms with Crippen molar-refractivity contribution in [3.8, 4) is 22.9 Å². The van der Waals surface area contributed by atoms with Gasteiger partial charge in [-0.1, -0.05) is 60.1 Å². The molecular weight excluding hydrogens is 402 g/mol. The van der Waals surface area contributed by atoms with Crippen LogP contribution in [0.2, 0.25) is 5.02 Å². The van der Waals surface area contributed by atoms with E-state index in [1.807, 2.05) is 48.5 Å². The number of amides is 1. The third-order valence-corrected chi connectivity index (χ3v) is 4.49. The van der Waals surface area contributed by atoms with Crippen LogP contribution >= 0.6 is 11.6 Å². The molecule has 1 heterocycles. The summed E-state index contributed by atoms with van der Waals surface area (Å²) >= 11 is 6.08. The third kappa shape index (κ3) is 4.39. The van der Waals surface area contributed by atoms with Gasteiger partial charge in [-0.05, 0) is 30.3 Å². The molecule has 0 aliphatic rings. The van der Waals surface area contributed by atoms with Crippen LogP contribution in [0, 0.1) is 0 Å². The van der Waals surface area contributed by atoms with E-state index in [0.29, 0.717) is 28.0 Å². The van der Waals surface area contributed by atoms with Gasteiger partial charge in [-0.15, -0.1) is 0 Å². The number of halogens is 1. The molecule has 30 heavy (non-hydrogen) atoms. The Hall–Kier alpha value is -3.90. The molecule has 0 atom stereocenters. The maximum Gasteiger partial charge on any atom is 0.264 e. The first-order chi connectivity index (χ1) is 14.6. The SMILES string of the molecule is O=C(Nc1cc(Cl)ccc1Oc1ccccc1)c1cnc(-c2ccccc2)[nH]c1=O. The van der Waals surface area contributed by atoms with E-state index in [0.717, 1.165) is 5.56 Å². The standard InChI is InChI=1S/C23H16ClN3O3/c24-16-11-12-20(30-17-9-5-2-6-10-17)19(13-16)26-22(28)18-14-25-21(27-23(18)29)15-7-3-1-4-8-15/h1-14H,(H,26,28)(H,25,27,29). The van der Waals surface area contributed by atoms with Crippen LogP contribution in [0.3, 0.4) is 0 Å². The van der Waals surface area contributed by atoms with E-state index in [9.17, 15) is 9.59 Å². The van der Waals surface area contributed by atoms with Gasteiger partial charge in [-0.3, -0.25) is 9.59 Å². The molecule has 0 fully saturated rings. The monoisotopic (exact) mass is 417 g/mol. The molecular formula is C23H16ClN3O3. The number of aromatic amines is 1. The van der Waals surface area contributed by atoms with Gasteiger partial charge in [-0.25, -0.2) is 4.98 Å². The van der Waals surface area contributed by atoms with Gasteiger partial charge < -0.3 is 15.0 Å². The number of hydrogen-bond donors (Lipinski definition) is 2. The highest BCUT2D eigenvalue weighted by atomic mass is 35.5. The van der Waals surface area contributed by atoms with Gasteiger partial charge in [0, 0.05) is 16.8 Å². The summed E-state index contributed by atoms with van der Waals surface area (Å²) in [5.41, 5.74) is 0.409. The van der Waals surface area contributed by atoms with Gasteiger partial charge >= 0.3 is 0 Å². The van der Waals surface area contributed by atoms with Crippen LogP contribution < -0.4 is 15.6 Å². The molecule has 0 aliphatic carbocycles. The highest BCUT2D eigenvalue weighted by molar-refractivity contribution is 6.31. The largest absolute Gasteiger partial charge is 0.455 e. The number of H-pyrrole nitrogens is 1. The summed E-state index contributed by atoms with van der Waals surface area (Å²) in [4.78, 5) is 32.0. The zero-order valence-electron chi connectivity index (χ0n) is 15.6. The van der Waals surface area contributed by atoms with Crippen molar-refractivity contribution in [2.45, 2.75) is 0 Å². The van der Waals surface area contributed by atoms with E-state index >= 15 is 0 Å². The molecule has 0 spiro atoms. The minimum absolute atomic E-state index is 0.125. The highest BCUT2D eigenvalue weighted by Crippen LogP contribution is 2.32. The van der Waals surface area contributed by atoms with Crippen LogP contribution in [0.1, 0.15) is 10.4 Å². The molecule has 0 saturated carbocycles. The van der Waals surface area contributed by atoms with Gasteiger partial charge in [0.2, 0.25) is 0 Å². The lowest BCUT2D eigenvalue weighted by Crippen LogP contribution is -2.24. The van der Waals surface area contributed by atoms with E-state index in [1.165, 1.54) is 6.20 Å². The van der Waals surface area contributed by atoms with Gasteiger partial charge in [0.15, 0.2) is 5.75 Å². The van der Waals surface area contributed by atoms with E-state index < -0.39 is 11.5 Å². The second-order valence-corrected chi connectivity index (χ2v) is 6.79. The Labute approximate surface area is 177 Å². The van der Waals surface area contributed by atoms with Crippen LogP contribution in [0.4, 0.5) is 5.69 Å². The Balaban J connectivity index is 1.60. The Morgan fingerprint density at radius 3 is 2.37 bits per heavy atom. The molecule has 1 aromatic heterocycles. The fourth-order valence-corrected chi connectivity index (χ4v) is 2.97. The number of nitrogens with zero attached hydrogens (tertiary/aromatic N) is 1. The minimum Gasteiger partial charge on any atom is -0.455 e. The first kappa shape index (κ1) is 19.4. The molecule has 0 radical (unpaired) electrons. The number of nitrogens with one attached hydrogen (secondary N) is 2. The van der Waals surface area contributed by atoms with Crippen molar-refractivity contribution in [1.29, 1.82) is 0 Å². The van der Waals surface area contributed by atoms with Crippen molar-refractivity contribution in [2.24, 2.45) is 0 Å². The van der Waals surface area contributed by atoms with Crippen LogP contribution in [-0.4, -0.2) is 15.9 Å². The molecule has 4 rings (SSSR count). The average Bonchev–Trinajstić information content (AvgIpc) is 2.77. The van der Waals surface area contributed by atoms with Gasteiger partial charge in [0.05, 0.1) is 5.69 Å². The summed E-state index contributed by atoms with van der Waals surface area (Å²) in [7, 11) is 0. The van der Waals surface area contributed by atoms with Crippen LogP contribution in [0.15, 0.2) is 89.9 Å². The number of benzene rings is 3. The molecule has 6 nitrogen and oxygen atoms in total. The summed E-state index contributed by atoms with van der Waals surface area (Å²) in [5, 5.41) is 3.09. The molecule has 2 N–H and O–H groups in total. The molecule has 1 amide bonds. The lowest BCUT2D eigenvalue weighted by atomic mass is 10.2. The number of ether oxygens (including phenoxy) is 1. The fraction of sp³-hybridized carbons (Fsp3) is 0. The fourth-order valence-electron chi connectivity index (χ4n) is 2.79. The molecule has 0 bridgehead atoms. The van der Waals surface area contributed by atoms with Crippen molar-refractivity contribution >= 4 is 23.2 Å². The number of anilines is 1. The van der Waals surface area contributed by atoms with Crippen LogP contribution in [-0.2, 0) is 0 Å². The predicted molar refractivity (Wildman–Crippen MR) is 116 cm³/mol. The van der Waals surface area contributed by atoms with Gasteiger partial charge in [0.25, 0.3) is 11.5 Å². The zero-order chi connectivity index (χ0) is 20.9. The van der Waals surface area contributed by atoms with Crippen LogP contribution in [0.25, 0.3) is 11.4 Å². The van der Waals surface area contributed by atoms with E-state index in [-0.39, 0.29) is 5.56 Å². The quantitative estimate of drug-likeness (QED) is 0.471. The first-order valence-corrected chi connectivity index (χ1v) is 9.46. The topological polar surface area (TPSA) is 84.1 Å². The average molecular weight is 418 g/mol. The maximum absolute atomic E-state index is 12.7. The molecule has 4 aromatic rings. The van der Waals surface area contributed by atoms with E-state index in [2.05, 4.69) is 15.3 Å². The lowest BCUT2D eigenvalue weighted by molar-refractivity contribution is 0.102. The van der Waals surface area contributed by atoms with E-state index in [1.54, 1.807) is 30.3 Å². The summed E-state index contributed by atoms with van der Waals surface area (Å²) in [6.45, 7) is 0. The highest BCUT2D eigenvalue weighted by Gasteiger charge is 2.16. The van der Waals surface area contributed by atoms with Crippen molar-refractivity contribution in [3.05, 3.63) is 106 Å². The summed E-state index contributed by atoms with van der Waals surface area (Å²) in [6, 6.07) is 23.1. The van der Waals surface area contributed by atoms with Crippen molar-refractivity contribution in [2.75, 3.05) is 5.32 Å². The Bertz CT molecular complexity index is 1240. The maximum atomic E-state index is 12.7. The predicted octanol–water partition coefficient (Wildman–Crippen LogP) is 5.13. The van der Waals surface area contributed by atoms with E-state index in [4.69, 9.17) is 16.3 Å². The molecule has 0 saturated heterocycles. The zero-order valence-corrected chi connectivity index (χ0v) is 16.4. The summed E-state index contributed by atoms with van der Waals surface area (Å²) in [5.74, 6) is 0.753. The Kier molecular flexibility index (Phi) is 5.59. The molecule has 148 valence electrons. The van der Waals surface area contributed by atoms with Crippen molar-refractivity contribution < 1.29 is 9.53 Å². The van der Waals surface area contributed by atoms with Crippen molar-refractivity contribution in [1.82, 2.24) is 9.97 Å². The molecule has 0 unspecified atom stereocenters. The normalized spacial score (nSPS) is 10.4. The van der Waals surface area contributed by atoms with Gasteiger partial charge in [-0.2, -0.15) is 0 Å². The lowest BCUT2D eigenvalue weighted by Gasteiger charge is -2.12. The second-order valence-electron chi connectivity index (χ2n) is 6.35. The van der Waals surface area contributed by atoms with Gasteiger partial charge in [0.1, 0.15) is 17.1 Å². The number of para-hydroxylation sites is 1. The summed E-state index contributed by atoms with van der Waals surface area (Å²) < 4.78 is 5.83. The Morgan fingerprint density at radius 2 is 1.67 bits per heavy atom. The number of rotatable bonds is 5.